The second-order valence-electron chi connectivity index (χ2n) is 12.8. The van der Waals surface area contributed by atoms with Gasteiger partial charge in [0.25, 0.3) is 0 Å². The minimum atomic E-state index is 1.08. The van der Waals surface area contributed by atoms with Gasteiger partial charge in [0, 0.05) is 44.3 Å². The second-order valence-corrected chi connectivity index (χ2v) is 13.9. The molecule has 0 aliphatic heterocycles. The smallest absolute Gasteiger partial charge is 0.124 e. The van der Waals surface area contributed by atoms with Crippen molar-refractivity contribution < 1.29 is 0 Å². The molecule has 0 unspecified atom stereocenters. The average Bonchev–Trinajstić information content (AvgIpc) is 3.57. The first-order valence-corrected chi connectivity index (χ1v) is 17.8. The van der Waals surface area contributed by atoms with Crippen molar-refractivity contribution in [3.05, 3.63) is 182 Å². The van der Waals surface area contributed by atoms with Gasteiger partial charge in [-0.2, -0.15) is 0 Å². The van der Waals surface area contributed by atoms with Gasteiger partial charge < -0.3 is 4.90 Å². The summed E-state index contributed by atoms with van der Waals surface area (Å²) in [5.74, 6) is 0. The van der Waals surface area contributed by atoms with Crippen LogP contribution in [0.1, 0.15) is 0 Å². The lowest BCUT2D eigenvalue weighted by Crippen LogP contribution is -2.09. The summed E-state index contributed by atoms with van der Waals surface area (Å²) in [5, 5.41) is 10.0. The number of aromatic nitrogens is 1. The topological polar surface area (TPSA) is 16.1 Å². The van der Waals surface area contributed by atoms with E-state index in [9.17, 15) is 0 Å². The van der Waals surface area contributed by atoms with Crippen molar-refractivity contribution in [3.8, 4) is 22.3 Å². The molecule has 10 rings (SSSR count). The van der Waals surface area contributed by atoms with Crippen molar-refractivity contribution in [2.24, 2.45) is 0 Å². The Morgan fingerprint density at radius 2 is 0.920 bits per heavy atom. The number of benzene rings is 8. The van der Waals surface area contributed by atoms with E-state index in [0.717, 1.165) is 33.0 Å². The molecule has 8 aromatic carbocycles. The molecule has 3 heteroatoms. The zero-order valence-corrected chi connectivity index (χ0v) is 27.9. The summed E-state index contributed by atoms with van der Waals surface area (Å²) in [7, 11) is 0. The highest BCUT2D eigenvalue weighted by molar-refractivity contribution is 7.25. The number of rotatable bonds is 5. The Kier molecular flexibility index (Phi) is 6.71. The summed E-state index contributed by atoms with van der Waals surface area (Å²) >= 11 is 1.75. The van der Waals surface area contributed by atoms with Gasteiger partial charge in [-0.3, -0.25) is 0 Å². The Bertz CT molecular complexity index is 2850. The number of nitrogens with zero attached hydrogens (tertiary/aromatic N) is 2. The minimum absolute atomic E-state index is 1.08. The molecule has 0 bridgehead atoms. The molecule has 2 nitrogen and oxygen atoms in total. The quantitative estimate of drug-likeness (QED) is 0.172. The molecular formula is C47H30N2S. The molecule has 234 valence electrons. The van der Waals surface area contributed by atoms with Gasteiger partial charge in [-0.05, 0) is 97.5 Å². The number of hydrogen-bond acceptors (Lipinski definition) is 3. The number of fused-ring (bicyclic) bond motifs is 8. The van der Waals surface area contributed by atoms with Crippen LogP contribution in [0.4, 0.5) is 17.1 Å². The summed E-state index contributed by atoms with van der Waals surface area (Å²) in [6.45, 7) is 0. The van der Waals surface area contributed by atoms with E-state index in [2.05, 4.69) is 181 Å². The summed E-state index contributed by atoms with van der Waals surface area (Å²) < 4.78 is 1.27. The number of pyridine rings is 1. The van der Waals surface area contributed by atoms with E-state index in [0.29, 0.717) is 0 Å². The first kappa shape index (κ1) is 28.7. The van der Waals surface area contributed by atoms with Crippen molar-refractivity contribution >= 4 is 81.0 Å². The van der Waals surface area contributed by atoms with Crippen molar-refractivity contribution in [1.29, 1.82) is 0 Å². The molecule has 0 radical (unpaired) electrons. The first-order chi connectivity index (χ1) is 24.8. The predicted molar refractivity (Wildman–Crippen MR) is 215 cm³/mol. The fourth-order valence-electron chi connectivity index (χ4n) is 7.40. The molecule has 0 N–H and O–H groups in total. The van der Waals surface area contributed by atoms with Crippen LogP contribution in [0.5, 0.6) is 0 Å². The molecule has 0 aliphatic rings. The van der Waals surface area contributed by atoms with Crippen molar-refractivity contribution in [2.45, 2.75) is 0 Å². The molecule has 0 fully saturated rings. The van der Waals surface area contributed by atoms with Crippen LogP contribution in [0, 0.1) is 0 Å². The molecule has 10 aromatic rings. The van der Waals surface area contributed by atoms with Gasteiger partial charge in [0.05, 0.1) is 0 Å². The summed E-state index contributed by atoms with van der Waals surface area (Å²) in [4.78, 5) is 8.31. The lowest BCUT2D eigenvalue weighted by molar-refractivity contribution is 1.29. The zero-order chi connectivity index (χ0) is 33.0. The van der Waals surface area contributed by atoms with Crippen molar-refractivity contribution in [3.63, 3.8) is 0 Å². The number of anilines is 3. The maximum absolute atomic E-state index is 4.86. The molecule has 0 saturated carbocycles. The lowest BCUT2D eigenvalue weighted by atomic mass is 9.96. The fourth-order valence-corrected chi connectivity index (χ4v) is 8.42. The van der Waals surface area contributed by atoms with Gasteiger partial charge in [0.15, 0.2) is 0 Å². The zero-order valence-electron chi connectivity index (χ0n) is 27.1. The van der Waals surface area contributed by atoms with Crippen LogP contribution in [-0.2, 0) is 0 Å². The molecular weight excluding hydrogens is 625 g/mol. The molecule has 2 aromatic heterocycles. The van der Waals surface area contributed by atoms with Crippen molar-refractivity contribution in [1.82, 2.24) is 4.98 Å². The Labute approximate surface area is 294 Å². The number of hydrogen-bond donors (Lipinski definition) is 0. The lowest BCUT2D eigenvalue weighted by Gasteiger charge is -2.26. The van der Waals surface area contributed by atoms with Gasteiger partial charge in [-0.15, -0.1) is 11.3 Å². The van der Waals surface area contributed by atoms with E-state index < -0.39 is 0 Å². The van der Waals surface area contributed by atoms with Crippen LogP contribution in [0.25, 0.3) is 74.9 Å². The van der Waals surface area contributed by atoms with Crippen LogP contribution in [-0.4, -0.2) is 4.98 Å². The maximum atomic E-state index is 4.86. The first-order valence-electron chi connectivity index (χ1n) is 16.9. The Morgan fingerprint density at radius 1 is 0.360 bits per heavy atom. The van der Waals surface area contributed by atoms with E-state index in [1.54, 1.807) is 11.3 Å². The Hall–Kier alpha value is -6.29. The van der Waals surface area contributed by atoms with E-state index in [1.807, 2.05) is 6.20 Å². The van der Waals surface area contributed by atoms with Crippen LogP contribution in [0.2, 0.25) is 0 Å². The van der Waals surface area contributed by atoms with E-state index in [-0.39, 0.29) is 0 Å². The highest BCUT2D eigenvalue weighted by Crippen LogP contribution is 2.41. The molecule has 50 heavy (non-hydrogen) atoms. The van der Waals surface area contributed by atoms with E-state index in [4.69, 9.17) is 4.98 Å². The standard InChI is InChI=1S/C47H30N2S/c1-2-8-31(9-3-1)32-14-21-37(22-15-32)49(39-25-18-35-20-26-41-40-11-5-4-10-34(40)19-27-42(41)44(35)29-39)38-23-16-33(17-24-38)36-28-45-43-12-6-7-13-46(43)50-47(45)48-30-36/h1-30H. The molecule has 0 atom stereocenters. The van der Waals surface area contributed by atoms with Gasteiger partial charge >= 0.3 is 0 Å². The average molecular weight is 655 g/mol. The van der Waals surface area contributed by atoms with Crippen LogP contribution < -0.4 is 4.90 Å². The molecule has 0 spiro atoms. The fraction of sp³-hybridized carbons (Fsp3) is 0. The maximum Gasteiger partial charge on any atom is 0.124 e. The molecule has 0 aliphatic carbocycles. The third kappa shape index (κ3) is 4.82. The predicted octanol–water partition coefficient (Wildman–Crippen LogP) is 13.7. The Balaban J connectivity index is 1.11. The third-order valence-corrected chi connectivity index (χ3v) is 11.0. The third-order valence-electron chi connectivity index (χ3n) is 9.91. The summed E-state index contributed by atoms with van der Waals surface area (Å²) in [5.41, 5.74) is 8.00. The highest BCUT2D eigenvalue weighted by atomic mass is 32.1. The highest BCUT2D eigenvalue weighted by Gasteiger charge is 2.16. The molecule has 0 amide bonds. The largest absolute Gasteiger partial charge is 0.310 e. The molecule has 2 heterocycles. The molecule has 0 saturated heterocycles. The summed E-state index contributed by atoms with van der Waals surface area (Å²) in [6, 6.07) is 63.8. The minimum Gasteiger partial charge on any atom is -0.310 e. The monoisotopic (exact) mass is 654 g/mol. The van der Waals surface area contributed by atoms with Gasteiger partial charge in [0.2, 0.25) is 0 Å². The normalized spacial score (nSPS) is 11.6. The van der Waals surface area contributed by atoms with Crippen molar-refractivity contribution in [2.75, 3.05) is 4.90 Å². The van der Waals surface area contributed by atoms with Gasteiger partial charge in [-0.1, -0.05) is 127 Å². The Morgan fingerprint density at radius 3 is 1.68 bits per heavy atom. The van der Waals surface area contributed by atoms with Crippen LogP contribution >= 0.6 is 11.3 Å². The summed E-state index contributed by atoms with van der Waals surface area (Å²) in [6.07, 6.45) is 2.00. The van der Waals surface area contributed by atoms with Gasteiger partial charge in [-0.25, -0.2) is 4.98 Å². The van der Waals surface area contributed by atoms with Crippen LogP contribution in [0.3, 0.4) is 0 Å². The SMILES string of the molecule is c1ccc(-c2ccc(N(c3ccc(-c4cnc5sc6ccccc6c5c4)cc3)c3ccc4ccc5c6ccccc6ccc5c4c3)cc2)cc1. The second kappa shape index (κ2) is 11.7. The van der Waals surface area contributed by atoms with E-state index in [1.165, 1.54) is 58.9 Å². The number of thiophene rings is 1. The van der Waals surface area contributed by atoms with Gasteiger partial charge in [0.1, 0.15) is 4.83 Å². The van der Waals surface area contributed by atoms with Crippen LogP contribution in [0.15, 0.2) is 182 Å². The van der Waals surface area contributed by atoms with E-state index >= 15 is 0 Å².